The first kappa shape index (κ1) is 16.4. The second-order valence-electron chi connectivity index (χ2n) is 4.71. The van der Waals surface area contributed by atoms with E-state index >= 15 is 0 Å². The summed E-state index contributed by atoms with van der Waals surface area (Å²) < 4.78 is 50.2. The average molecular weight is 328 g/mol. The van der Waals surface area contributed by atoms with Crippen LogP contribution in [0, 0.1) is 5.82 Å². The number of ether oxygens (including phenoxy) is 1. The molecule has 0 spiro atoms. The Morgan fingerprint density at radius 2 is 2.09 bits per heavy atom. The third-order valence-electron chi connectivity index (χ3n) is 3.18. The summed E-state index contributed by atoms with van der Waals surface area (Å²) in [7, 11) is -2.24. The van der Waals surface area contributed by atoms with Crippen LogP contribution in [0.25, 0.3) is 11.1 Å². The summed E-state index contributed by atoms with van der Waals surface area (Å²) in [5.74, 6) is -0.755. The second-order valence-corrected chi connectivity index (χ2v) is 6.47. The highest BCUT2D eigenvalue weighted by molar-refractivity contribution is 7.92. The molecule has 1 aromatic carbocycles. The molecule has 0 aliphatic carbocycles. The van der Waals surface area contributed by atoms with Crippen molar-refractivity contribution in [3.63, 3.8) is 0 Å². The lowest BCUT2D eigenvalue weighted by Crippen LogP contribution is -2.27. The third kappa shape index (κ3) is 3.83. The van der Waals surface area contributed by atoms with E-state index in [1.165, 1.54) is 25.5 Å². The fraction of sp³-hybridized carbons (Fsp3) is 0.357. The molecule has 6 nitrogen and oxygen atoms in total. The van der Waals surface area contributed by atoms with E-state index in [9.17, 15) is 12.8 Å². The van der Waals surface area contributed by atoms with Crippen LogP contribution in [-0.4, -0.2) is 32.5 Å². The molecule has 1 aromatic heterocycles. The molecule has 0 fully saturated rings. The minimum atomic E-state index is -3.69. The normalized spacial score (nSPS) is 13.0. The number of aromatic nitrogens is 1. The maximum absolute atomic E-state index is 13.8. The minimum Gasteiger partial charge on any atom is -0.380 e. The SMILES string of the molecule is CCC(CS(=O)(=O)Nc1nocc1-c1ccccc1F)OC. The average Bonchev–Trinajstić information content (AvgIpc) is 2.92. The van der Waals surface area contributed by atoms with Gasteiger partial charge in [-0.05, 0) is 12.5 Å². The molecule has 120 valence electrons. The monoisotopic (exact) mass is 328 g/mol. The first-order valence-electron chi connectivity index (χ1n) is 6.69. The highest BCUT2D eigenvalue weighted by Gasteiger charge is 2.22. The van der Waals surface area contributed by atoms with Crippen molar-refractivity contribution in [2.45, 2.75) is 19.4 Å². The highest BCUT2D eigenvalue weighted by Crippen LogP contribution is 2.29. The van der Waals surface area contributed by atoms with Gasteiger partial charge in [-0.25, -0.2) is 12.8 Å². The van der Waals surface area contributed by atoms with E-state index in [0.29, 0.717) is 6.42 Å². The van der Waals surface area contributed by atoms with E-state index in [1.807, 2.05) is 6.92 Å². The number of hydrogen-bond donors (Lipinski definition) is 1. The number of sulfonamides is 1. The predicted octanol–water partition coefficient (Wildman–Crippen LogP) is 2.65. The fourth-order valence-electron chi connectivity index (χ4n) is 1.97. The van der Waals surface area contributed by atoms with Gasteiger partial charge in [0, 0.05) is 12.7 Å². The van der Waals surface area contributed by atoms with Crippen molar-refractivity contribution >= 4 is 15.8 Å². The predicted molar refractivity (Wildman–Crippen MR) is 80.4 cm³/mol. The maximum Gasteiger partial charge on any atom is 0.236 e. The van der Waals surface area contributed by atoms with Crippen LogP contribution in [0.5, 0.6) is 0 Å². The summed E-state index contributed by atoms with van der Waals surface area (Å²) in [6.07, 6.45) is 1.32. The number of methoxy groups -OCH3 is 1. The lowest BCUT2D eigenvalue weighted by molar-refractivity contribution is 0.117. The van der Waals surface area contributed by atoms with Crippen molar-refractivity contribution in [2.24, 2.45) is 0 Å². The molecular formula is C14H17FN2O4S. The van der Waals surface area contributed by atoms with Crippen LogP contribution in [0.3, 0.4) is 0 Å². The number of anilines is 1. The largest absolute Gasteiger partial charge is 0.380 e. The van der Waals surface area contributed by atoms with Crippen LogP contribution in [0.15, 0.2) is 35.1 Å². The maximum atomic E-state index is 13.8. The topological polar surface area (TPSA) is 81.4 Å². The lowest BCUT2D eigenvalue weighted by atomic mass is 10.1. The first-order valence-corrected chi connectivity index (χ1v) is 8.34. The van der Waals surface area contributed by atoms with Crippen LogP contribution >= 0.6 is 0 Å². The van der Waals surface area contributed by atoms with Crippen LogP contribution in [0.2, 0.25) is 0 Å². The Bertz CT molecular complexity index is 726. The van der Waals surface area contributed by atoms with Gasteiger partial charge >= 0.3 is 0 Å². The molecular weight excluding hydrogens is 311 g/mol. The highest BCUT2D eigenvalue weighted by atomic mass is 32.2. The summed E-state index contributed by atoms with van der Waals surface area (Å²) in [4.78, 5) is 0. The lowest BCUT2D eigenvalue weighted by Gasteiger charge is -2.13. The standard InChI is InChI=1S/C14H17FN2O4S/c1-3-10(20-2)9-22(18,19)17-14-12(8-21-16-14)11-6-4-5-7-13(11)15/h4-8,10H,3,9H2,1-2H3,(H,16,17). The molecule has 1 heterocycles. The van der Waals surface area contributed by atoms with E-state index in [1.54, 1.807) is 12.1 Å². The number of benzene rings is 1. The molecule has 1 unspecified atom stereocenters. The van der Waals surface area contributed by atoms with Crippen molar-refractivity contribution in [3.05, 3.63) is 36.3 Å². The Labute approximate surface area is 128 Å². The quantitative estimate of drug-likeness (QED) is 0.845. The van der Waals surface area contributed by atoms with Gasteiger partial charge in [-0.15, -0.1) is 0 Å². The van der Waals surface area contributed by atoms with Gasteiger partial charge in [-0.2, -0.15) is 0 Å². The third-order valence-corrected chi connectivity index (χ3v) is 4.49. The Balaban J connectivity index is 2.25. The number of nitrogens with zero attached hydrogens (tertiary/aromatic N) is 1. The zero-order valence-electron chi connectivity index (χ0n) is 12.2. The van der Waals surface area contributed by atoms with E-state index < -0.39 is 21.9 Å². The molecule has 2 rings (SSSR count). The molecule has 0 radical (unpaired) electrons. The summed E-state index contributed by atoms with van der Waals surface area (Å²) >= 11 is 0. The smallest absolute Gasteiger partial charge is 0.236 e. The van der Waals surface area contributed by atoms with Gasteiger partial charge in [-0.1, -0.05) is 30.3 Å². The Morgan fingerprint density at radius 3 is 2.73 bits per heavy atom. The van der Waals surface area contributed by atoms with E-state index in [4.69, 9.17) is 9.26 Å². The number of rotatable bonds is 7. The molecule has 0 aliphatic heterocycles. The Morgan fingerprint density at radius 1 is 1.36 bits per heavy atom. The fourth-order valence-corrected chi connectivity index (χ4v) is 3.35. The summed E-state index contributed by atoms with van der Waals surface area (Å²) in [5.41, 5.74) is 0.451. The van der Waals surface area contributed by atoms with Gasteiger partial charge in [0.15, 0.2) is 5.82 Å². The minimum absolute atomic E-state index is 0.0453. The molecule has 8 heteroatoms. The molecule has 0 bridgehead atoms. The molecule has 1 N–H and O–H groups in total. The zero-order valence-corrected chi connectivity index (χ0v) is 13.1. The van der Waals surface area contributed by atoms with Crippen LogP contribution in [0.4, 0.5) is 10.2 Å². The van der Waals surface area contributed by atoms with Crippen LogP contribution < -0.4 is 4.72 Å². The van der Waals surface area contributed by atoms with Crippen molar-refractivity contribution < 1.29 is 22.1 Å². The second kappa shape index (κ2) is 6.89. The first-order chi connectivity index (χ1) is 10.5. The van der Waals surface area contributed by atoms with E-state index in [2.05, 4.69) is 9.88 Å². The number of nitrogens with one attached hydrogen (secondary N) is 1. The molecule has 0 saturated carbocycles. The van der Waals surface area contributed by atoms with Gasteiger partial charge in [0.2, 0.25) is 10.0 Å². The zero-order chi connectivity index (χ0) is 16.2. The number of halogens is 1. The summed E-state index contributed by atoms with van der Waals surface area (Å²) in [5, 5.41) is 3.61. The summed E-state index contributed by atoms with van der Waals surface area (Å²) in [6.45, 7) is 1.82. The van der Waals surface area contributed by atoms with Gasteiger partial charge in [0.05, 0.1) is 17.4 Å². The van der Waals surface area contributed by atoms with Crippen molar-refractivity contribution in [1.82, 2.24) is 5.16 Å². The van der Waals surface area contributed by atoms with Crippen LogP contribution in [0.1, 0.15) is 13.3 Å². The molecule has 22 heavy (non-hydrogen) atoms. The van der Waals surface area contributed by atoms with Crippen molar-refractivity contribution in [2.75, 3.05) is 17.6 Å². The van der Waals surface area contributed by atoms with Crippen LogP contribution in [-0.2, 0) is 14.8 Å². The molecule has 0 saturated heterocycles. The molecule has 0 amide bonds. The van der Waals surface area contributed by atoms with Gasteiger partial charge in [0.25, 0.3) is 0 Å². The summed E-state index contributed by atoms with van der Waals surface area (Å²) in [6, 6.07) is 5.98. The van der Waals surface area contributed by atoms with E-state index in [0.717, 1.165) is 0 Å². The van der Waals surface area contributed by atoms with E-state index in [-0.39, 0.29) is 22.7 Å². The van der Waals surface area contributed by atoms with Crippen molar-refractivity contribution in [3.8, 4) is 11.1 Å². The molecule has 2 aromatic rings. The van der Waals surface area contributed by atoms with Crippen molar-refractivity contribution in [1.29, 1.82) is 0 Å². The Kier molecular flexibility index (Phi) is 5.15. The molecule has 1 atom stereocenters. The van der Waals surface area contributed by atoms with Gasteiger partial charge in [0.1, 0.15) is 12.1 Å². The number of hydrogen-bond acceptors (Lipinski definition) is 5. The van der Waals surface area contributed by atoms with Gasteiger partial charge in [-0.3, -0.25) is 4.72 Å². The van der Waals surface area contributed by atoms with Gasteiger partial charge < -0.3 is 9.26 Å². The molecule has 0 aliphatic rings. The Hall–Kier alpha value is -1.93.